The van der Waals surface area contributed by atoms with Gasteiger partial charge in [0.25, 0.3) is 0 Å². The monoisotopic (exact) mass is 443 g/mol. The van der Waals surface area contributed by atoms with Crippen molar-refractivity contribution in [1.29, 1.82) is 0 Å². The Hall–Kier alpha value is -4.13. The first-order valence-corrected chi connectivity index (χ1v) is 10.6. The zero-order valence-electron chi connectivity index (χ0n) is 17.4. The largest absolute Gasteiger partial charge is 0.493 e. The van der Waals surface area contributed by atoms with Gasteiger partial charge in [-0.3, -0.25) is 4.79 Å². The van der Waals surface area contributed by atoms with Gasteiger partial charge in [-0.2, -0.15) is 0 Å². The zero-order chi connectivity index (χ0) is 22.7. The molecule has 2 aromatic carbocycles. The van der Waals surface area contributed by atoms with E-state index in [9.17, 15) is 19.1 Å². The SMILES string of the molecule is O=C1CC=CC=C1c1c(C(=O)O)n(Cc2ccc3c(c2)CCO3)c2cc(F)c3ccoc3c12. The van der Waals surface area contributed by atoms with Crippen molar-refractivity contribution in [3.05, 3.63) is 83.0 Å². The molecule has 2 aromatic heterocycles. The second-order valence-corrected chi connectivity index (χ2v) is 8.21. The molecule has 6 nitrogen and oxygen atoms in total. The number of Topliss-reactive ketones (excluding diaryl/α,β-unsaturated/α-hetero) is 1. The topological polar surface area (TPSA) is 81.7 Å². The number of carbonyl (C=O) groups is 2. The number of carbonyl (C=O) groups excluding carboxylic acids is 1. The summed E-state index contributed by atoms with van der Waals surface area (Å²) in [6.07, 6.45) is 7.39. The van der Waals surface area contributed by atoms with E-state index in [1.807, 2.05) is 18.2 Å². The third kappa shape index (κ3) is 2.92. The third-order valence-electron chi connectivity index (χ3n) is 6.29. The minimum absolute atomic E-state index is 0.0695. The van der Waals surface area contributed by atoms with Crippen LogP contribution in [0.4, 0.5) is 4.39 Å². The van der Waals surface area contributed by atoms with Crippen LogP contribution in [0.2, 0.25) is 0 Å². The molecule has 1 aliphatic heterocycles. The maximum absolute atomic E-state index is 15.0. The first-order valence-electron chi connectivity index (χ1n) is 10.6. The summed E-state index contributed by atoms with van der Waals surface area (Å²) in [6, 6.07) is 8.55. The van der Waals surface area contributed by atoms with Crippen molar-refractivity contribution in [2.45, 2.75) is 19.4 Å². The number of furan rings is 1. The molecule has 4 aromatic rings. The van der Waals surface area contributed by atoms with Crippen LogP contribution in [0, 0.1) is 5.82 Å². The minimum atomic E-state index is -1.20. The highest BCUT2D eigenvalue weighted by atomic mass is 19.1. The molecule has 1 N–H and O–H groups in total. The van der Waals surface area contributed by atoms with Crippen LogP contribution in [0.15, 0.2) is 59.2 Å². The number of halogens is 1. The number of allylic oxidation sites excluding steroid dienone is 4. The molecule has 0 bridgehead atoms. The van der Waals surface area contributed by atoms with Gasteiger partial charge >= 0.3 is 5.97 Å². The molecule has 0 amide bonds. The predicted molar refractivity (Wildman–Crippen MR) is 120 cm³/mol. The lowest BCUT2D eigenvalue weighted by molar-refractivity contribution is -0.113. The summed E-state index contributed by atoms with van der Waals surface area (Å²) in [5.74, 6) is -1.09. The van der Waals surface area contributed by atoms with Crippen LogP contribution in [0.5, 0.6) is 5.75 Å². The van der Waals surface area contributed by atoms with Crippen molar-refractivity contribution in [2.24, 2.45) is 0 Å². The Morgan fingerprint density at radius 3 is 2.91 bits per heavy atom. The van der Waals surface area contributed by atoms with Gasteiger partial charge in [0.05, 0.1) is 29.2 Å². The summed E-state index contributed by atoms with van der Waals surface area (Å²) in [7, 11) is 0. The first kappa shape index (κ1) is 19.5. The van der Waals surface area contributed by atoms with E-state index in [1.54, 1.807) is 22.8 Å². The Bertz CT molecular complexity index is 1550. The maximum atomic E-state index is 15.0. The van der Waals surface area contributed by atoms with Gasteiger partial charge in [-0.05, 0) is 29.3 Å². The molecular weight excluding hydrogens is 425 g/mol. The van der Waals surface area contributed by atoms with Crippen molar-refractivity contribution in [3.63, 3.8) is 0 Å². The lowest BCUT2D eigenvalue weighted by atomic mass is 9.93. The third-order valence-corrected chi connectivity index (χ3v) is 6.29. The van der Waals surface area contributed by atoms with Crippen LogP contribution in [-0.4, -0.2) is 28.0 Å². The van der Waals surface area contributed by atoms with Crippen LogP contribution in [0.25, 0.3) is 27.4 Å². The standard InChI is InChI=1S/C26H18FNO5/c27-18-12-19-23(25-16(18)8-10-33-25)22(17-3-1-2-4-20(17)29)24(26(30)31)28(19)13-14-5-6-21-15(11-14)7-9-32-21/h1-3,5-6,8,10-12H,4,7,9,13H2,(H,30,31). The highest BCUT2D eigenvalue weighted by molar-refractivity contribution is 6.29. The number of carboxylic acid groups (broad SMARTS) is 1. The molecule has 0 fully saturated rings. The average Bonchev–Trinajstić information content (AvgIpc) is 3.52. The summed E-state index contributed by atoms with van der Waals surface area (Å²) in [6.45, 7) is 0.801. The molecule has 6 rings (SSSR count). The fourth-order valence-electron chi connectivity index (χ4n) is 4.84. The van der Waals surface area contributed by atoms with Gasteiger partial charge in [0, 0.05) is 30.5 Å². The molecule has 0 unspecified atom stereocenters. The Balaban J connectivity index is 1.68. The number of rotatable bonds is 4. The molecule has 0 radical (unpaired) electrons. The minimum Gasteiger partial charge on any atom is -0.493 e. The van der Waals surface area contributed by atoms with E-state index in [4.69, 9.17) is 9.15 Å². The first-order chi connectivity index (χ1) is 16.0. The van der Waals surface area contributed by atoms with Crippen molar-refractivity contribution in [3.8, 4) is 5.75 Å². The number of aromatic nitrogens is 1. The van der Waals surface area contributed by atoms with Gasteiger partial charge in [-0.25, -0.2) is 9.18 Å². The molecule has 0 spiro atoms. The molecular formula is C26H18FNO5. The molecule has 33 heavy (non-hydrogen) atoms. The van der Waals surface area contributed by atoms with Crippen LogP contribution in [0.3, 0.4) is 0 Å². The predicted octanol–water partition coefficient (Wildman–Crippen LogP) is 5.12. The number of hydrogen-bond acceptors (Lipinski definition) is 4. The average molecular weight is 443 g/mol. The van der Waals surface area contributed by atoms with Gasteiger partial charge < -0.3 is 18.8 Å². The second kappa shape index (κ2) is 7.20. The van der Waals surface area contributed by atoms with Crippen LogP contribution >= 0.6 is 0 Å². The van der Waals surface area contributed by atoms with Gasteiger partial charge in [0.15, 0.2) is 5.78 Å². The van der Waals surface area contributed by atoms with Gasteiger partial charge in [0.1, 0.15) is 22.8 Å². The summed E-state index contributed by atoms with van der Waals surface area (Å²) < 4.78 is 27.7. The number of benzene rings is 2. The number of nitrogens with zero attached hydrogens (tertiary/aromatic N) is 1. The smallest absolute Gasteiger partial charge is 0.353 e. The fourth-order valence-corrected chi connectivity index (χ4v) is 4.84. The van der Waals surface area contributed by atoms with E-state index >= 15 is 0 Å². The van der Waals surface area contributed by atoms with E-state index in [0.717, 1.165) is 23.3 Å². The fraction of sp³-hybridized carbons (Fsp3) is 0.154. The molecule has 7 heteroatoms. The van der Waals surface area contributed by atoms with Crippen molar-refractivity contribution in [1.82, 2.24) is 4.57 Å². The van der Waals surface area contributed by atoms with E-state index in [2.05, 4.69) is 0 Å². The van der Waals surface area contributed by atoms with Crippen LogP contribution < -0.4 is 4.74 Å². The van der Waals surface area contributed by atoms with Gasteiger partial charge in [-0.15, -0.1) is 0 Å². The van der Waals surface area contributed by atoms with E-state index in [1.165, 1.54) is 18.4 Å². The Morgan fingerprint density at radius 2 is 2.09 bits per heavy atom. The molecule has 0 saturated heterocycles. The summed E-state index contributed by atoms with van der Waals surface area (Å²) in [5, 5.41) is 10.9. The maximum Gasteiger partial charge on any atom is 0.353 e. The van der Waals surface area contributed by atoms with Gasteiger partial charge in [-0.1, -0.05) is 30.4 Å². The van der Waals surface area contributed by atoms with Gasteiger partial charge in [0.2, 0.25) is 0 Å². The van der Waals surface area contributed by atoms with Crippen molar-refractivity contribution < 1.29 is 28.2 Å². The number of ether oxygens (including phenoxy) is 1. The molecule has 1 aliphatic carbocycles. The van der Waals surface area contributed by atoms with Crippen molar-refractivity contribution in [2.75, 3.05) is 6.61 Å². The normalized spacial score (nSPS) is 15.2. The zero-order valence-corrected chi connectivity index (χ0v) is 17.4. The highest BCUT2D eigenvalue weighted by Crippen LogP contribution is 2.40. The van der Waals surface area contributed by atoms with Crippen molar-refractivity contribution >= 4 is 39.2 Å². The Kier molecular flexibility index (Phi) is 4.26. The molecule has 3 heterocycles. The van der Waals surface area contributed by atoms with Crippen LogP contribution in [0.1, 0.15) is 33.6 Å². The summed E-state index contributed by atoms with van der Waals surface area (Å²) >= 11 is 0. The second-order valence-electron chi connectivity index (χ2n) is 8.21. The number of ketones is 1. The highest BCUT2D eigenvalue weighted by Gasteiger charge is 2.31. The summed E-state index contributed by atoms with van der Waals surface area (Å²) in [5.41, 5.74) is 2.97. The number of fused-ring (bicyclic) bond motifs is 4. The van der Waals surface area contributed by atoms with E-state index in [-0.39, 0.29) is 46.5 Å². The summed E-state index contributed by atoms with van der Waals surface area (Å²) in [4.78, 5) is 25.4. The number of hydrogen-bond donors (Lipinski definition) is 1. The lowest BCUT2D eigenvalue weighted by Crippen LogP contribution is -2.13. The molecule has 0 saturated carbocycles. The Labute approximate surface area is 187 Å². The Morgan fingerprint density at radius 1 is 1.21 bits per heavy atom. The van der Waals surface area contributed by atoms with E-state index in [0.29, 0.717) is 17.5 Å². The lowest BCUT2D eigenvalue weighted by Gasteiger charge is -2.12. The van der Waals surface area contributed by atoms with E-state index < -0.39 is 11.8 Å². The van der Waals surface area contributed by atoms with Crippen LogP contribution in [-0.2, 0) is 17.8 Å². The number of carboxylic acids is 1. The molecule has 0 atom stereocenters. The molecule has 2 aliphatic rings. The quantitative estimate of drug-likeness (QED) is 0.473. The number of aromatic carboxylic acids is 1. The molecule has 164 valence electrons.